The molecule has 2 aromatic rings. The van der Waals surface area contributed by atoms with E-state index < -0.39 is 17.9 Å². The van der Waals surface area contributed by atoms with Crippen LogP contribution < -0.4 is 0 Å². The van der Waals surface area contributed by atoms with E-state index in [4.69, 9.17) is 4.52 Å². The molecular formula is C17H18N2O4. The van der Waals surface area contributed by atoms with Crippen molar-refractivity contribution in [2.75, 3.05) is 0 Å². The number of hydrogen-bond donors (Lipinski definition) is 1. The Morgan fingerprint density at radius 1 is 1.35 bits per heavy atom. The van der Waals surface area contributed by atoms with Gasteiger partial charge in [-0.25, -0.2) is 4.79 Å². The molecule has 6 heteroatoms. The number of carboxylic acid groups (broad SMARTS) is 1. The maximum absolute atomic E-state index is 12.7. The standard InChI is InChI=1S/C17H18N2O4/c1-11(17(21)22)19(10-12-5-3-2-4-6-12)16(20)14-9-15(23-18-14)13-7-8-13/h2-6,9,11,13H,7-8,10H2,1H3,(H,21,22)/t11-/m1/s1. The lowest BCUT2D eigenvalue weighted by Crippen LogP contribution is -2.42. The van der Waals surface area contributed by atoms with Gasteiger partial charge in [0.15, 0.2) is 5.69 Å². The average molecular weight is 314 g/mol. The van der Waals surface area contributed by atoms with E-state index in [2.05, 4.69) is 5.16 Å². The van der Waals surface area contributed by atoms with Crippen molar-refractivity contribution in [3.8, 4) is 0 Å². The minimum Gasteiger partial charge on any atom is -0.480 e. The van der Waals surface area contributed by atoms with Gasteiger partial charge in [0.1, 0.15) is 11.8 Å². The van der Waals surface area contributed by atoms with Crippen LogP contribution in [0.15, 0.2) is 40.9 Å². The van der Waals surface area contributed by atoms with Crippen molar-refractivity contribution in [1.82, 2.24) is 10.1 Å². The largest absolute Gasteiger partial charge is 0.480 e. The van der Waals surface area contributed by atoms with Crippen molar-refractivity contribution in [3.05, 3.63) is 53.4 Å². The van der Waals surface area contributed by atoms with Gasteiger partial charge in [0.05, 0.1) is 0 Å². The normalized spacial score (nSPS) is 15.2. The molecular weight excluding hydrogens is 296 g/mol. The summed E-state index contributed by atoms with van der Waals surface area (Å²) >= 11 is 0. The van der Waals surface area contributed by atoms with E-state index in [1.807, 2.05) is 30.3 Å². The zero-order chi connectivity index (χ0) is 16.4. The van der Waals surface area contributed by atoms with E-state index >= 15 is 0 Å². The number of rotatable bonds is 6. The van der Waals surface area contributed by atoms with Crippen LogP contribution in [0.1, 0.15) is 47.5 Å². The summed E-state index contributed by atoms with van der Waals surface area (Å²) in [6, 6.07) is 9.96. The van der Waals surface area contributed by atoms with Crippen LogP contribution >= 0.6 is 0 Å². The van der Waals surface area contributed by atoms with Crippen LogP contribution in [-0.2, 0) is 11.3 Å². The third kappa shape index (κ3) is 3.41. The molecule has 1 atom stereocenters. The topological polar surface area (TPSA) is 83.6 Å². The molecule has 1 aliphatic carbocycles. The number of aliphatic carboxylic acids is 1. The van der Waals surface area contributed by atoms with E-state index in [-0.39, 0.29) is 12.2 Å². The molecule has 0 saturated heterocycles. The highest BCUT2D eigenvalue weighted by Crippen LogP contribution is 2.40. The number of benzene rings is 1. The van der Waals surface area contributed by atoms with E-state index in [9.17, 15) is 14.7 Å². The van der Waals surface area contributed by atoms with E-state index in [0.717, 1.165) is 18.4 Å². The zero-order valence-corrected chi connectivity index (χ0v) is 12.8. The van der Waals surface area contributed by atoms with Crippen molar-refractivity contribution in [2.45, 2.75) is 38.3 Å². The fourth-order valence-electron chi connectivity index (χ4n) is 2.40. The van der Waals surface area contributed by atoms with E-state index in [0.29, 0.717) is 11.7 Å². The molecule has 0 bridgehead atoms. The number of carbonyl (C=O) groups is 2. The molecule has 0 aliphatic heterocycles. The van der Waals surface area contributed by atoms with Gasteiger partial charge in [0.2, 0.25) is 0 Å². The van der Waals surface area contributed by atoms with Crippen LogP contribution in [0.2, 0.25) is 0 Å². The van der Waals surface area contributed by atoms with Gasteiger partial charge in [0, 0.05) is 18.5 Å². The third-order valence-corrected chi connectivity index (χ3v) is 4.01. The summed E-state index contributed by atoms with van der Waals surface area (Å²) in [5, 5.41) is 13.1. The maximum Gasteiger partial charge on any atom is 0.326 e. The monoisotopic (exact) mass is 314 g/mol. The highest BCUT2D eigenvalue weighted by atomic mass is 16.5. The van der Waals surface area contributed by atoms with Gasteiger partial charge in [-0.15, -0.1) is 0 Å². The predicted molar refractivity (Wildman–Crippen MR) is 81.9 cm³/mol. The molecule has 3 rings (SSSR count). The van der Waals surface area contributed by atoms with Crippen LogP contribution in [0.5, 0.6) is 0 Å². The highest BCUT2D eigenvalue weighted by Gasteiger charge is 2.32. The van der Waals surface area contributed by atoms with Crippen molar-refractivity contribution in [3.63, 3.8) is 0 Å². The molecule has 1 aliphatic rings. The second kappa shape index (κ2) is 6.24. The quantitative estimate of drug-likeness (QED) is 0.886. The first-order valence-corrected chi connectivity index (χ1v) is 7.60. The Labute approximate surface area is 133 Å². The first kappa shape index (κ1) is 15.3. The molecule has 120 valence electrons. The molecule has 0 unspecified atom stereocenters. The lowest BCUT2D eigenvalue weighted by molar-refractivity contribution is -0.141. The Bertz CT molecular complexity index is 706. The van der Waals surface area contributed by atoms with E-state index in [1.54, 1.807) is 6.07 Å². The Hall–Kier alpha value is -2.63. The molecule has 0 radical (unpaired) electrons. The molecule has 6 nitrogen and oxygen atoms in total. The number of amides is 1. The van der Waals surface area contributed by atoms with Gasteiger partial charge < -0.3 is 14.5 Å². The minimum absolute atomic E-state index is 0.163. The van der Waals surface area contributed by atoms with Gasteiger partial charge in [-0.1, -0.05) is 35.5 Å². The smallest absolute Gasteiger partial charge is 0.326 e. The summed E-state index contributed by atoms with van der Waals surface area (Å²) in [7, 11) is 0. The van der Waals surface area contributed by atoms with Crippen molar-refractivity contribution < 1.29 is 19.2 Å². The van der Waals surface area contributed by atoms with Gasteiger partial charge in [-0.05, 0) is 25.3 Å². The zero-order valence-electron chi connectivity index (χ0n) is 12.8. The van der Waals surface area contributed by atoms with Crippen LogP contribution in [-0.4, -0.2) is 33.1 Å². The molecule has 1 saturated carbocycles. The summed E-state index contributed by atoms with van der Waals surface area (Å²) in [6.07, 6.45) is 2.09. The SMILES string of the molecule is C[C@H](C(=O)O)N(Cc1ccccc1)C(=O)c1cc(C2CC2)on1. The number of nitrogens with zero attached hydrogens (tertiary/aromatic N) is 2. The molecule has 23 heavy (non-hydrogen) atoms. The van der Waals surface area contributed by atoms with Crippen molar-refractivity contribution in [1.29, 1.82) is 0 Å². The summed E-state index contributed by atoms with van der Waals surface area (Å²) < 4.78 is 5.21. The number of hydrogen-bond acceptors (Lipinski definition) is 4. The first-order chi connectivity index (χ1) is 11.1. The lowest BCUT2D eigenvalue weighted by atomic mass is 10.1. The minimum atomic E-state index is -1.06. The van der Waals surface area contributed by atoms with Crippen molar-refractivity contribution in [2.24, 2.45) is 0 Å². The predicted octanol–water partition coefficient (Wildman–Crippen LogP) is 2.67. The van der Waals surface area contributed by atoms with Crippen LogP contribution in [0, 0.1) is 0 Å². The summed E-state index contributed by atoms with van der Waals surface area (Å²) in [4.78, 5) is 25.3. The lowest BCUT2D eigenvalue weighted by Gasteiger charge is -2.25. The highest BCUT2D eigenvalue weighted by molar-refractivity contribution is 5.94. The Morgan fingerprint density at radius 3 is 2.65 bits per heavy atom. The Kier molecular flexibility index (Phi) is 4.14. The summed E-state index contributed by atoms with van der Waals surface area (Å²) in [6.45, 7) is 1.70. The molecule has 0 spiro atoms. The molecule has 1 aromatic heterocycles. The number of carboxylic acids is 1. The summed E-state index contributed by atoms with van der Waals surface area (Å²) in [5.41, 5.74) is 1.02. The Morgan fingerprint density at radius 2 is 2.04 bits per heavy atom. The van der Waals surface area contributed by atoms with Gasteiger partial charge in [-0.2, -0.15) is 0 Å². The fourth-order valence-corrected chi connectivity index (χ4v) is 2.40. The molecule has 1 aromatic carbocycles. The molecule has 1 fully saturated rings. The van der Waals surface area contributed by atoms with Crippen molar-refractivity contribution >= 4 is 11.9 Å². The molecule has 1 N–H and O–H groups in total. The van der Waals surface area contributed by atoms with Gasteiger partial charge >= 0.3 is 5.97 Å². The van der Waals surface area contributed by atoms with Gasteiger partial charge in [-0.3, -0.25) is 4.79 Å². The maximum atomic E-state index is 12.7. The van der Waals surface area contributed by atoms with Crippen LogP contribution in [0.25, 0.3) is 0 Å². The molecule has 1 heterocycles. The number of carbonyl (C=O) groups excluding carboxylic acids is 1. The van der Waals surface area contributed by atoms with E-state index in [1.165, 1.54) is 11.8 Å². The molecule has 1 amide bonds. The number of aromatic nitrogens is 1. The van der Waals surface area contributed by atoms with Crippen LogP contribution in [0.4, 0.5) is 0 Å². The third-order valence-electron chi connectivity index (χ3n) is 4.01. The second-order valence-corrected chi connectivity index (χ2v) is 5.82. The Balaban J connectivity index is 1.83. The first-order valence-electron chi connectivity index (χ1n) is 7.60. The fraction of sp³-hybridized carbons (Fsp3) is 0.353. The second-order valence-electron chi connectivity index (χ2n) is 5.82. The van der Waals surface area contributed by atoms with Gasteiger partial charge in [0.25, 0.3) is 5.91 Å². The summed E-state index contributed by atoms with van der Waals surface area (Å²) in [5.74, 6) is -0.431. The average Bonchev–Trinajstić information content (AvgIpc) is 3.29. The van der Waals surface area contributed by atoms with Crippen LogP contribution in [0.3, 0.4) is 0 Å².